The van der Waals surface area contributed by atoms with Crippen molar-refractivity contribution in [1.82, 2.24) is 9.97 Å². The molecule has 0 bridgehead atoms. The summed E-state index contributed by atoms with van der Waals surface area (Å²) in [7, 11) is 4.76. The number of nitrogens with one attached hydrogen (secondary N) is 1. The minimum atomic E-state index is 0.107. The van der Waals surface area contributed by atoms with Crippen LogP contribution in [0.3, 0.4) is 0 Å². The fourth-order valence-corrected chi connectivity index (χ4v) is 2.85. The van der Waals surface area contributed by atoms with E-state index in [4.69, 9.17) is 14.2 Å². The van der Waals surface area contributed by atoms with E-state index in [-0.39, 0.29) is 6.04 Å². The molecule has 1 atom stereocenters. The zero-order valence-electron chi connectivity index (χ0n) is 15.9. The smallest absolute Gasteiger partial charge is 0.203 e. The highest BCUT2D eigenvalue weighted by Gasteiger charge is 2.15. The Balaban J connectivity index is 1.91. The molecule has 6 nitrogen and oxygen atoms in total. The monoisotopic (exact) mass is 365 g/mol. The molecule has 2 aromatic carbocycles. The predicted octanol–water partition coefficient (Wildman–Crippen LogP) is 4.34. The molecule has 3 rings (SSSR count). The van der Waals surface area contributed by atoms with Gasteiger partial charge in [0.2, 0.25) is 5.75 Å². The fourth-order valence-electron chi connectivity index (χ4n) is 2.85. The lowest BCUT2D eigenvalue weighted by Crippen LogP contribution is -2.08. The van der Waals surface area contributed by atoms with E-state index in [0.717, 1.165) is 5.56 Å². The molecule has 0 aliphatic rings. The van der Waals surface area contributed by atoms with Crippen molar-refractivity contribution in [2.75, 3.05) is 26.6 Å². The first-order valence-corrected chi connectivity index (χ1v) is 8.60. The summed E-state index contributed by atoms with van der Waals surface area (Å²) in [5.41, 5.74) is 2.71. The summed E-state index contributed by atoms with van der Waals surface area (Å²) in [6, 6.07) is 14.0. The second-order valence-electron chi connectivity index (χ2n) is 5.98. The zero-order chi connectivity index (χ0) is 19.2. The standard InChI is InChI=1S/C21H23N3O3/c1-14(15-8-6-5-7-9-15)23-20-13-22-12-17(24-20)16-10-18(25-2)21(27-4)19(11-16)26-3/h5-14H,1-4H3,(H,23,24). The molecule has 0 spiro atoms. The van der Waals surface area contributed by atoms with Gasteiger partial charge in [-0.05, 0) is 24.6 Å². The van der Waals surface area contributed by atoms with Gasteiger partial charge in [0, 0.05) is 11.6 Å². The van der Waals surface area contributed by atoms with Crippen molar-refractivity contribution in [3.8, 4) is 28.5 Å². The maximum absolute atomic E-state index is 5.42. The molecule has 0 saturated carbocycles. The van der Waals surface area contributed by atoms with Gasteiger partial charge in [-0.15, -0.1) is 0 Å². The molecule has 1 N–H and O–H groups in total. The summed E-state index contributed by atoms with van der Waals surface area (Å²) >= 11 is 0. The number of methoxy groups -OCH3 is 3. The molecular formula is C21H23N3O3. The molecule has 6 heteroatoms. The van der Waals surface area contributed by atoms with E-state index in [0.29, 0.717) is 28.8 Å². The highest BCUT2D eigenvalue weighted by atomic mass is 16.5. The number of benzene rings is 2. The minimum Gasteiger partial charge on any atom is -0.493 e. The van der Waals surface area contributed by atoms with Gasteiger partial charge in [0.1, 0.15) is 5.82 Å². The van der Waals surface area contributed by atoms with Gasteiger partial charge in [0.15, 0.2) is 11.5 Å². The first kappa shape index (κ1) is 18.5. The third-order valence-electron chi connectivity index (χ3n) is 4.26. The maximum Gasteiger partial charge on any atom is 0.203 e. The number of anilines is 1. The van der Waals surface area contributed by atoms with Gasteiger partial charge in [-0.1, -0.05) is 30.3 Å². The normalized spacial score (nSPS) is 11.6. The molecule has 0 aliphatic heterocycles. The number of hydrogen-bond donors (Lipinski definition) is 1. The summed E-state index contributed by atoms with van der Waals surface area (Å²) in [5.74, 6) is 2.38. The van der Waals surface area contributed by atoms with Gasteiger partial charge < -0.3 is 19.5 Å². The van der Waals surface area contributed by atoms with Crippen LogP contribution in [0.25, 0.3) is 11.3 Å². The molecule has 0 aliphatic carbocycles. The molecule has 0 amide bonds. The van der Waals surface area contributed by atoms with Crippen LogP contribution in [0.4, 0.5) is 5.82 Å². The molecule has 0 saturated heterocycles. The molecule has 27 heavy (non-hydrogen) atoms. The zero-order valence-corrected chi connectivity index (χ0v) is 15.9. The van der Waals surface area contributed by atoms with E-state index in [1.807, 2.05) is 30.3 Å². The summed E-state index contributed by atoms with van der Waals surface area (Å²) < 4.78 is 16.2. The average Bonchev–Trinajstić information content (AvgIpc) is 2.73. The molecule has 1 aromatic heterocycles. The predicted molar refractivity (Wildman–Crippen MR) is 106 cm³/mol. The lowest BCUT2D eigenvalue weighted by atomic mass is 10.1. The van der Waals surface area contributed by atoms with Gasteiger partial charge in [-0.2, -0.15) is 0 Å². The average molecular weight is 365 g/mol. The largest absolute Gasteiger partial charge is 0.493 e. The van der Waals surface area contributed by atoms with Gasteiger partial charge in [-0.25, -0.2) is 4.98 Å². The van der Waals surface area contributed by atoms with E-state index in [9.17, 15) is 0 Å². The molecule has 140 valence electrons. The fraction of sp³-hybridized carbons (Fsp3) is 0.238. The number of rotatable bonds is 7. The second kappa shape index (κ2) is 8.40. The van der Waals surface area contributed by atoms with Crippen molar-refractivity contribution < 1.29 is 14.2 Å². The SMILES string of the molecule is COc1cc(-c2cncc(NC(C)c3ccccc3)n2)cc(OC)c1OC. The van der Waals surface area contributed by atoms with Crippen LogP contribution in [0.2, 0.25) is 0 Å². The molecular weight excluding hydrogens is 342 g/mol. The maximum atomic E-state index is 5.42. The van der Waals surface area contributed by atoms with Crippen molar-refractivity contribution in [2.24, 2.45) is 0 Å². The van der Waals surface area contributed by atoms with Crippen LogP contribution in [-0.4, -0.2) is 31.3 Å². The minimum absolute atomic E-state index is 0.107. The highest BCUT2D eigenvalue weighted by Crippen LogP contribution is 2.40. The van der Waals surface area contributed by atoms with E-state index >= 15 is 0 Å². The topological polar surface area (TPSA) is 65.5 Å². The third-order valence-corrected chi connectivity index (χ3v) is 4.26. The van der Waals surface area contributed by atoms with E-state index < -0.39 is 0 Å². The van der Waals surface area contributed by atoms with E-state index in [1.54, 1.807) is 33.7 Å². The highest BCUT2D eigenvalue weighted by molar-refractivity contribution is 5.69. The molecule has 1 heterocycles. The second-order valence-corrected chi connectivity index (χ2v) is 5.98. The van der Waals surface area contributed by atoms with Gasteiger partial charge in [-0.3, -0.25) is 4.98 Å². The van der Waals surface area contributed by atoms with Crippen LogP contribution >= 0.6 is 0 Å². The lowest BCUT2D eigenvalue weighted by Gasteiger charge is -2.16. The van der Waals surface area contributed by atoms with Crippen LogP contribution in [0.1, 0.15) is 18.5 Å². The Hall–Kier alpha value is -3.28. The van der Waals surface area contributed by atoms with Crippen molar-refractivity contribution in [3.05, 3.63) is 60.4 Å². The number of ether oxygens (including phenoxy) is 3. The Morgan fingerprint density at radius 2 is 1.56 bits per heavy atom. The Bertz CT molecular complexity index is 875. The van der Waals surface area contributed by atoms with Crippen LogP contribution in [0, 0.1) is 0 Å². The molecule has 0 radical (unpaired) electrons. The van der Waals surface area contributed by atoms with Gasteiger partial charge in [0.05, 0.1) is 39.4 Å². The quantitative estimate of drug-likeness (QED) is 0.672. The van der Waals surface area contributed by atoms with E-state index in [1.165, 1.54) is 5.56 Å². The van der Waals surface area contributed by atoms with E-state index in [2.05, 4.69) is 34.3 Å². The molecule has 0 fully saturated rings. The summed E-state index contributed by atoms with van der Waals surface area (Å²) in [4.78, 5) is 9.01. The first-order valence-electron chi connectivity index (χ1n) is 8.60. The summed E-state index contributed by atoms with van der Waals surface area (Å²) in [5, 5.41) is 3.39. The molecule has 3 aromatic rings. The van der Waals surface area contributed by atoms with Crippen LogP contribution in [0.5, 0.6) is 17.2 Å². The summed E-state index contributed by atoms with van der Waals surface area (Å²) in [6.45, 7) is 2.09. The van der Waals surface area contributed by atoms with Crippen LogP contribution < -0.4 is 19.5 Å². The van der Waals surface area contributed by atoms with Crippen molar-refractivity contribution >= 4 is 5.82 Å². The Labute approximate surface area is 159 Å². The number of hydrogen-bond acceptors (Lipinski definition) is 6. The van der Waals surface area contributed by atoms with Gasteiger partial charge >= 0.3 is 0 Å². The Kier molecular flexibility index (Phi) is 5.76. The number of aromatic nitrogens is 2. The summed E-state index contributed by atoms with van der Waals surface area (Å²) in [6.07, 6.45) is 3.42. The Morgan fingerprint density at radius 1 is 0.889 bits per heavy atom. The first-order chi connectivity index (χ1) is 13.2. The molecule has 1 unspecified atom stereocenters. The van der Waals surface area contributed by atoms with Crippen molar-refractivity contribution in [2.45, 2.75) is 13.0 Å². The van der Waals surface area contributed by atoms with Crippen molar-refractivity contribution in [1.29, 1.82) is 0 Å². The lowest BCUT2D eigenvalue weighted by molar-refractivity contribution is 0.324. The Morgan fingerprint density at radius 3 is 2.15 bits per heavy atom. The van der Waals surface area contributed by atoms with Crippen LogP contribution in [0.15, 0.2) is 54.9 Å². The third kappa shape index (κ3) is 4.11. The van der Waals surface area contributed by atoms with Gasteiger partial charge in [0.25, 0.3) is 0 Å². The number of nitrogens with zero attached hydrogens (tertiary/aromatic N) is 2. The van der Waals surface area contributed by atoms with Crippen molar-refractivity contribution in [3.63, 3.8) is 0 Å². The van der Waals surface area contributed by atoms with Crippen LogP contribution in [-0.2, 0) is 0 Å².